The summed E-state index contributed by atoms with van der Waals surface area (Å²) < 4.78 is 12.9. The molecule has 5 nitrogen and oxygen atoms in total. The number of nitrogens with one attached hydrogen (secondary N) is 2. The van der Waals surface area contributed by atoms with Gasteiger partial charge in [0, 0.05) is 18.1 Å². The molecule has 2 N–H and O–H groups in total. The SMILES string of the molecule is O=C(NCc1ccccc1Cl)c1ccc(NCc2ccc(F)cc2)nn1. The molecule has 1 aromatic heterocycles. The van der Waals surface area contributed by atoms with Gasteiger partial charge in [-0.2, -0.15) is 0 Å². The summed E-state index contributed by atoms with van der Waals surface area (Å²) in [5.41, 5.74) is 1.95. The van der Waals surface area contributed by atoms with E-state index in [2.05, 4.69) is 20.8 Å². The minimum absolute atomic E-state index is 0.212. The van der Waals surface area contributed by atoms with Crippen LogP contribution in [0, 0.1) is 5.82 Å². The van der Waals surface area contributed by atoms with Gasteiger partial charge in [-0.3, -0.25) is 4.79 Å². The third-order valence-corrected chi connectivity index (χ3v) is 4.05. The largest absolute Gasteiger partial charge is 0.365 e. The van der Waals surface area contributed by atoms with Gasteiger partial charge in [0.15, 0.2) is 5.69 Å². The van der Waals surface area contributed by atoms with Gasteiger partial charge in [0.1, 0.15) is 11.6 Å². The average Bonchev–Trinajstić information content (AvgIpc) is 2.67. The van der Waals surface area contributed by atoms with Crippen molar-refractivity contribution >= 4 is 23.3 Å². The van der Waals surface area contributed by atoms with Crippen LogP contribution < -0.4 is 10.6 Å². The van der Waals surface area contributed by atoms with Crippen LogP contribution in [0.25, 0.3) is 0 Å². The summed E-state index contributed by atoms with van der Waals surface area (Å²) in [7, 11) is 0. The molecule has 0 fully saturated rings. The molecule has 7 heteroatoms. The summed E-state index contributed by atoms with van der Waals surface area (Å²) >= 11 is 6.06. The summed E-state index contributed by atoms with van der Waals surface area (Å²) in [6.45, 7) is 0.789. The van der Waals surface area contributed by atoms with Crippen molar-refractivity contribution in [2.45, 2.75) is 13.1 Å². The van der Waals surface area contributed by atoms with Gasteiger partial charge >= 0.3 is 0 Å². The number of nitrogens with zero attached hydrogens (tertiary/aromatic N) is 2. The number of hydrogen-bond donors (Lipinski definition) is 2. The molecule has 1 amide bonds. The molecule has 2 aromatic carbocycles. The molecule has 3 rings (SSSR count). The molecule has 0 unspecified atom stereocenters. The number of amides is 1. The second-order valence-electron chi connectivity index (χ2n) is 5.56. The zero-order chi connectivity index (χ0) is 18.4. The highest BCUT2D eigenvalue weighted by Crippen LogP contribution is 2.14. The number of halogens is 2. The molecule has 0 aliphatic carbocycles. The Kier molecular flexibility index (Phi) is 5.76. The summed E-state index contributed by atoms with van der Waals surface area (Å²) in [6.07, 6.45) is 0. The number of rotatable bonds is 6. The molecule has 132 valence electrons. The van der Waals surface area contributed by atoms with Crippen LogP contribution in [0.5, 0.6) is 0 Å². The summed E-state index contributed by atoms with van der Waals surface area (Å²) in [6, 6.07) is 16.7. The molecule has 1 heterocycles. The number of aromatic nitrogens is 2. The van der Waals surface area contributed by atoms with Crippen molar-refractivity contribution < 1.29 is 9.18 Å². The molecule has 26 heavy (non-hydrogen) atoms. The number of carbonyl (C=O) groups is 1. The molecule has 3 aromatic rings. The Morgan fingerprint density at radius 2 is 1.73 bits per heavy atom. The van der Waals surface area contributed by atoms with Gasteiger partial charge in [0.2, 0.25) is 0 Å². The summed E-state index contributed by atoms with van der Waals surface area (Å²) in [5.74, 6) is -0.0832. The van der Waals surface area contributed by atoms with Crippen molar-refractivity contribution in [2.24, 2.45) is 0 Å². The fourth-order valence-corrected chi connectivity index (χ4v) is 2.45. The maximum absolute atomic E-state index is 12.9. The second-order valence-corrected chi connectivity index (χ2v) is 5.97. The van der Waals surface area contributed by atoms with Gasteiger partial charge in [-0.25, -0.2) is 4.39 Å². The highest BCUT2D eigenvalue weighted by atomic mass is 35.5. The van der Waals surface area contributed by atoms with E-state index in [1.807, 2.05) is 18.2 Å². The lowest BCUT2D eigenvalue weighted by molar-refractivity contribution is 0.0945. The number of anilines is 1. The first-order chi connectivity index (χ1) is 12.6. The van der Waals surface area contributed by atoms with Crippen LogP contribution in [-0.4, -0.2) is 16.1 Å². The Hall–Kier alpha value is -2.99. The van der Waals surface area contributed by atoms with Gasteiger partial charge in [0.25, 0.3) is 5.91 Å². The van der Waals surface area contributed by atoms with Crippen LogP contribution in [0.15, 0.2) is 60.7 Å². The smallest absolute Gasteiger partial charge is 0.272 e. The maximum Gasteiger partial charge on any atom is 0.272 e. The van der Waals surface area contributed by atoms with Crippen molar-refractivity contribution in [3.63, 3.8) is 0 Å². The Morgan fingerprint density at radius 1 is 0.962 bits per heavy atom. The monoisotopic (exact) mass is 370 g/mol. The maximum atomic E-state index is 12.9. The third kappa shape index (κ3) is 4.77. The van der Waals surface area contributed by atoms with Gasteiger partial charge in [-0.1, -0.05) is 41.9 Å². The molecule has 0 radical (unpaired) electrons. The van der Waals surface area contributed by atoms with Crippen LogP contribution in [0.2, 0.25) is 5.02 Å². The fourth-order valence-electron chi connectivity index (χ4n) is 2.25. The predicted octanol–water partition coefficient (Wildman–Crippen LogP) is 3.81. The highest BCUT2D eigenvalue weighted by molar-refractivity contribution is 6.31. The molecule has 0 saturated heterocycles. The molecule has 0 bridgehead atoms. The third-order valence-electron chi connectivity index (χ3n) is 3.68. The van der Waals surface area contributed by atoms with Gasteiger partial charge in [-0.05, 0) is 41.5 Å². The van der Waals surface area contributed by atoms with E-state index in [4.69, 9.17) is 11.6 Å². The molecule has 0 aliphatic rings. The van der Waals surface area contributed by atoms with E-state index in [1.165, 1.54) is 12.1 Å². The van der Waals surface area contributed by atoms with Crippen LogP contribution in [0.1, 0.15) is 21.6 Å². The van der Waals surface area contributed by atoms with E-state index in [0.29, 0.717) is 23.9 Å². The minimum atomic E-state index is -0.331. The summed E-state index contributed by atoms with van der Waals surface area (Å²) in [5, 5.41) is 14.3. The van der Waals surface area contributed by atoms with Crippen LogP contribution in [0.3, 0.4) is 0 Å². The lowest BCUT2D eigenvalue weighted by Gasteiger charge is -2.07. The van der Waals surface area contributed by atoms with Crippen LogP contribution in [0.4, 0.5) is 10.2 Å². The standard InChI is InChI=1S/C19H16ClFN4O/c20-16-4-2-1-3-14(16)12-23-19(26)17-9-10-18(25-24-17)22-11-13-5-7-15(21)8-6-13/h1-10H,11-12H2,(H,22,25)(H,23,26). The molecule has 0 spiro atoms. The first kappa shape index (κ1) is 17.8. The zero-order valence-electron chi connectivity index (χ0n) is 13.7. The van der Waals surface area contributed by atoms with Gasteiger partial charge in [0.05, 0.1) is 0 Å². The van der Waals surface area contributed by atoms with E-state index in [-0.39, 0.29) is 17.4 Å². The Balaban J connectivity index is 1.54. The minimum Gasteiger partial charge on any atom is -0.365 e. The number of hydrogen-bond acceptors (Lipinski definition) is 4. The Bertz CT molecular complexity index is 885. The Morgan fingerprint density at radius 3 is 2.42 bits per heavy atom. The van der Waals surface area contributed by atoms with Crippen molar-refractivity contribution in [1.82, 2.24) is 15.5 Å². The quantitative estimate of drug-likeness (QED) is 0.692. The zero-order valence-corrected chi connectivity index (χ0v) is 14.5. The molecular weight excluding hydrogens is 355 g/mol. The van der Waals surface area contributed by atoms with Crippen molar-refractivity contribution in [2.75, 3.05) is 5.32 Å². The van der Waals surface area contributed by atoms with Gasteiger partial charge in [-0.15, -0.1) is 10.2 Å². The Labute approximate surface area is 155 Å². The van der Waals surface area contributed by atoms with Crippen molar-refractivity contribution in [3.05, 3.63) is 88.3 Å². The van der Waals surface area contributed by atoms with E-state index >= 15 is 0 Å². The number of carbonyl (C=O) groups excluding carboxylic acids is 1. The lowest BCUT2D eigenvalue weighted by Crippen LogP contribution is -2.24. The highest BCUT2D eigenvalue weighted by Gasteiger charge is 2.09. The normalized spacial score (nSPS) is 10.4. The summed E-state index contributed by atoms with van der Waals surface area (Å²) in [4.78, 5) is 12.1. The fraction of sp³-hybridized carbons (Fsp3) is 0.105. The number of benzene rings is 2. The van der Waals surface area contributed by atoms with Crippen LogP contribution in [-0.2, 0) is 13.1 Å². The van der Waals surface area contributed by atoms with E-state index in [0.717, 1.165) is 11.1 Å². The van der Waals surface area contributed by atoms with E-state index < -0.39 is 0 Å². The van der Waals surface area contributed by atoms with Crippen molar-refractivity contribution in [1.29, 1.82) is 0 Å². The first-order valence-electron chi connectivity index (χ1n) is 7.95. The van der Waals surface area contributed by atoms with E-state index in [1.54, 1.807) is 30.3 Å². The van der Waals surface area contributed by atoms with Gasteiger partial charge < -0.3 is 10.6 Å². The average molecular weight is 371 g/mol. The van der Waals surface area contributed by atoms with Crippen molar-refractivity contribution in [3.8, 4) is 0 Å². The predicted molar refractivity (Wildman–Crippen MR) is 98.4 cm³/mol. The van der Waals surface area contributed by atoms with Crippen LogP contribution >= 0.6 is 11.6 Å². The molecular formula is C19H16ClFN4O. The molecule has 0 saturated carbocycles. The first-order valence-corrected chi connectivity index (χ1v) is 8.33. The lowest BCUT2D eigenvalue weighted by atomic mass is 10.2. The topological polar surface area (TPSA) is 66.9 Å². The van der Waals surface area contributed by atoms with E-state index in [9.17, 15) is 9.18 Å². The molecule has 0 atom stereocenters. The second kappa shape index (κ2) is 8.40. The molecule has 0 aliphatic heterocycles.